The van der Waals surface area contributed by atoms with E-state index in [9.17, 15) is 5.11 Å². The van der Waals surface area contributed by atoms with Gasteiger partial charge in [-0.3, -0.25) is 4.90 Å². The summed E-state index contributed by atoms with van der Waals surface area (Å²) in [7, 11) is 0. The van der Waals surface area contributed by atoms with Crippen molar-refractivity contribution in [3.05, 3.63) is 30.3 Å². The predicted molar refractivity (Wildman–Crippen MR) is 75.3 cm³/mol. The molecule has 1 aromatic carbocycles. The average molecular weight is 261 g/mol. The van der Waals surface area contributed by atoms with Crippen molar-refractivity contribution in [1.82, 2.24) is 4.90 Å². The van der Waals surface area contributed by atoms with E-state index >= 15 is 0 Å². The standard InChI is InChI=1S/C16H23NO2/c18-15-11-13-7-8-14(12-15)17(13)9-4-10-19-16-5-2-1-3-6-16/h1-3,5-6,13-15,18H,4,7-12H2. The van der Waals surface area contributed by atoms with Crippen LogP contribution in [0.4, 0.5) is 0 Å². The third kappa shape index (κ3) is 3.10. The molecule has 0 radical (unpaired) electrons. The lowest BCUT2D eigenvalue weighted by Crippen LogP contribution is -2.45. The molecule has 104 valence electrons. The molecule has 0 aliphatic carbocycles. The Labute approximate surface area is 115 Å². The van der Waals surface area contributed by atoms with Gasteiger partial charge in [0.15, 0.2) is 0 Å². The van der Waals surface area contributed by atoms with Gasteiger partial charge in [-0.25, -0.2) is 0 Å². The van der Waals surface area contributed by atoms with E-state index in [1.807, 2.05) is 30.3 Å². The molecule has 2 saturated heterocycles. The first-order valence-corrected chi connectivity index (χ1v) is 7.44. The largest absolute Gasteiger partial charge is 0.494 e. The first-order chi connectivity index (χ1) is 9.33. The molecule has 0 amide bonds. The Morgan fingerprint density at radius 3 is 2.47 bits per heavy atom. The van der Waals surface area contributed by atoms with Crippen molar-refractivity contribution in [3.8, 4) is 5.75 Å². The molecule has 2 bridgehead atoms. The van der Waals surface area contributed by atoms with Crippen molar-refractivity contribution < 1.29 is 9.84 Å². The lowest BCUT2D eigenvalue weighted by molar-refractivity contribution is 0.0331. The highest BCUT2D eigenvalue weighted by Crippen LogP contribution is 2.35. The maximum atomic E-state index is 9.78. The Balaban J connectivity index is 1.41. The van der Waals surface area contributed by atoms with Crippen LogP contribution in [0.25, 0.3) is 0 Å². The summed E-state index contributed by atoms with van der Waals surface area (Å²) in [6.07, 6.45) is 5.47. The quantitative estimate of drug-likeness (QED) is 0.826. The molecule has 0 aromatic heterocycles. The Morgan fingerprint density at radius 1 is 1.11 bits per heavy atom. The smallest absolute Gasteiger partial charge is 0.119 e. The first-order valence-electron chi connectivity index (χ1n) is 7.44. The van der Waals surface area contributed by atoms with Gasteiger partial charge >= 0.3 is 0 Å². The first kappa shape index (κ1) is 12.9. The number of piperidine rings is 1. The van der Waals surface area contributed by atoms with Gasteiger partial charge < -0.3 is 9.84 Å². The molecule has 2 fully saturated rings. The number of hydrogen-bond acceptors (Lipinski definition) is 3. The van der Waals surface area contributed by atoms with Crippen LogP contribution in [0.5, 0.6) is 5.75 Å². The molecule has 1 N–H and O–H groups in total. The van der Waals surface area contributed by atoms with Crippen LogP contribution in [-0.2, 0) is 0 Å². The SMILES string of the molecule is OC1CC2CCC(C1)N2CCCOc1ccccc1. The van der Waals surface area contributed by atoms with Gasteiger partial charge in [0.2, 0.25) is 0 Å². The van der Waals surface area contributed by atoms with Crippen molar-refractivity contribution in [2.45, 2.75) is 50.3 Å². The van der Waals surface area contributed by atoms with Gasteiger partial charge in [-0.1, -0.05) is 18.2 Å². The van der Waals surface area contributed by atoms with Crippen molar-refractivity contribution in [2.24, 2.45) is 0 Å². The van der Waals surface area contributed by atoms with Crippen molar-refractivity contribution in [2.75, 3.05) is 13.2 Å². The van der Waals surface area contributed by atoms with Gasteiger partial charge in [0.05, 0.1) is 12.7 Å². The molecular weight excluding hydrogens is 238 g/mol. The van der Waals surface area contributed by atoms with E-state index in [1.54, 1.807) is 0 Å². The van der Waals surface area contributed by atoms with Gasteiger partial charge in [-0.2, -0.15) is 0 Å². The van der Waals surface area contributed by atoms with Crippen LogP contribution < -0.4 is 4.74 Å². The lowest BCUT2D eigenvalue weighted by atomic mass is 10.00. The van der Waals surface area contributed by atoms with E-state index in [0.29, 0.717) is 12.1 Å². The molecule has 3 nitrogen and oxygen atoms in total. The van der Waals surface area contributed by atoms with E-state index in [1.165, 1.54) is 12.8 Å². The topological polar surface area (TPSA) is 32.7 Å². The number of ether oxygens (including phenoxy) is 1. The molecule has 2 aliphatic heterocycles. The van der Waals surface area contributed by atoms with Crippen LogP contribution >= 0.6 is 0 Å². The summed E-state index contributed by atoms with van der Waals surface area (Å²) in [4.78, 5) is 2.60. The van der Waals surface area contributed by atoms with Gasteiger partial charge in [0.25, 0.3) is 0 Å². The van der Waals surface area contributed by atoms with Gasteiger partial charge in [-0.15, -0.1) is 0 Å². The van der Waals surface area contributed by atoms with Crippen LogP contribution in [0.2, 0.25) is 0 Å². The number of aliphatic hydroxyl groups excluding tert-OH is 1. The molecular formula is C16H23NO2. The fourth-order valence-corrected chi connectivity index (χ4v) is 3.56. The minimum Gasteiger partial charge on any atom is -0.494 e. The summed E-state index contributed by atoms with van der Waals surface area (Å²) in [6, 6.07) is 11.2. The highest BCUT2D eigenvalue weighted by Gasteiger charge is 2.39. The average Bonchev–Trinajstić information content (AvgIpc) is 2.67. The summed E-state index contributed by atoms with van der Waals surface area (Å²) in [5.41, 5.74) is 0. The number of nitrogens with zero attached hydrogens (tertiary/aromatic N) is 1. The van der Waals surface area contributed by atoms with Crippen LogP contribution in [0.3, 0.4) is 0 Å². The zero-order valence-corrected chi connectivity index (χ0v) is 11.4. The van der Waals surface area contributed by atoms with Crippen LogP contribution in [-0.4, -0.2) is 41.3 Å². The van der Waals surface area contributed by atoms with E-state index in [-0.39, 0.29) is 6.10 Å². The lowest BCUT2D eigenvalue weighted by Gasteiger charge is -2.37. The molecule has 19 heavy (non-hydrogen) atoms. The van der Waals surface area contributed by atoms with E-state index in [2.05, 4.69) is 4.90 Å². The molecule has 3 rings (SSSR count). The predicted octanol–water partition coefficient (Wildman–Crippen LogP) is 2.44. The Hall–Kier alpha value is -1.06. The maximum Gasteiger partial charge on any atom is 0.119 e. The number of hydrogen-bond donors (Lipinski definition) is 1. The third-order valence-electron chi connectivity index (χ3n) is 4.43. The third-order valence-corrected chi connectivity index (χ3v) is 4.43. The summed E-state index contributed by atoms with van der Waals surface area (Å²) in [5.74, 6) is 0.958. The maximum absolute atomic E-state index is 9.78. The summed E-state index contributed by atoms with van der Waals surface area (Å²) < 4.78 is 5.73. The minimum absolute atomic E-state index is 0.0608. The van der Waals surface area contributed by atoms with Crippen LogP contribution in [0.15, 0.2) is 30.3 Å². The molecule has 2 atom stereocenters. The second-order valence-electron chi connectivity index (χ2n) is 5.76. The normalized spacial score (nSPS) is 30.5. The highest BCUT2D eigenvalue weighted by atomic mass is 16.5. The Morgan fingerprint density at radius 2 is 1.79 bits per heavy atom. The van der Waals surface area contributed by atoms with Gasteiger partial charge in [0, 0.05) is 18.6 Å². The van der Waals surface area contributed by atoms with E-state index in [0.717, 1.165) is 38.2 Å². The number of aliphatic hydroxyl groups is 1. The summed E-state index contributed by atoms with van der Waals surface area (Å²) in [5, 5.41) is 9.78. The number of para-hydroxylation sites is 1. The van der Waals surface area contributed by atoms with Gasteiger partial charge in [-0.05, 0) is 44.2 Å². The van der Waals surface area contributed by atoms with Crippen LogP contribution in [0, 0.1) is 0 Å². The molecule has 3 heteroatoms. The summed E-state index contributed by atoms with van der Waals surface area (Å²) >= 11 is 0. The van der Waals surface area contributed by atoms with Gasteiger partial charge in [0.1, 0.15) is 5.75 Å². The second-order valence-corrected chi connectivity index (χ2v) is 5.76. The van der Waals surface area contributed by atoms with Crippen LogP contribution in [0.1, 0.15) is 32.1 Å². The number of rotatable bonds is 5. The van der Waals surface area contributed by atoms with E-state index in [4.69, 9.17) is 4.74 Å². The van der Waals surface area contributed by atoms with Crippen molar-refractivity contribution in [1.29, 1.82) is 0 Å². The van der Waals surface area contributed by atoms with Crippen molar-refractivity contribution >= 4 is 0 Å². The molecule has 2 aliphatic rings. The second kappa shape index (κ2) is 5.93. The zero-order valence-electron chi connectivity index (χ0n) is 11.4. The molecule has 2 unspecified atom stereocenters. The van der Waals surface area contributed by atoms with Crippen molar-refractivity contribution in [3.63, 3.8) is 0 Å². The zero-order chi connectivity index (χ0) is 13.1. The minimum atomic E-state index is -0.0608. The monoisotopic (exact) mass is 261 g/mol. The molecule has 0 spiro atoms. The highest BCUT2D eigenvalue weighted by molar-refractivity contribution is 5.20. The molecule has 2 heterocycles. The number of benzene rings is 1. The fourth-order valence-electron chi connectivity index (χ4n) is 3.56. The molecule has 0 saturated carbocycles. The summed E-state index contributed by atoms with van der Waals surface area (Å²) in [6.45, 7) is 1.89. The number of fused-ring (bicyclic) bond motifs is 2. The van der Waals surface area contributed by atoms with E-state index < -0.39 is 0 Å². The molecule has 1 aromatic rings. The fraction of sp³-hybridized carbons (Fsp3) is 0.625. The Bertz CT molecular complexity index is 381. The Kier molecular flexibility index (Phi) is 4.04.